The fraction of sp³-hybridized carbons (Fsp3) is 0.167. The molecule has 1 aromatic heterocycles. The Morgan fingerprint density at radius 3 is 2.72 bits per heavy atom. The molecule has 2 N–H and O–H groups in total. The number of halogens is 1. The minimum Gasteiger partial charge on any atom is -0.326 e. The fourth-order valence-electron chi connectivity index (χ4n) is 2.59. The number of anilines is 1. The molecular weight excluding hydrogens is 342 g/mol. The van der Waals surface area contributed by atoms with E-state index in [1.54, 1.807) is 48.5 Å². The number of nitrogens with zero attached hydrogens (tertiary/aromatic N) is 1. The van der Waals surface area contributed by atoms with Crippen LogP contribution in [0.2, 0.25) is 5.02 Å². The Labute approximate surface area is 148 Å². The summed E-state index contributed by atoms with van der Waals surface area (Å²) in [7, 11) is 0. The highest BCUT2D eigenvalue weighted by Crippen LogP contribution is 2.15. The van der Waals surface area contributed by atoms with Crippen molar-refractivity contribution in [3.05, 3.63) is 74.4 Å². The summed E-state index contributed by atoms with van der Waals surface area (Å²) < 4.78 is 1.12. The second kappa shape index (κ2) is 7.36. The van der Waals surface area contributed by atoms with Gasteiger partial charge in [-0.15, -0.1) is 0 Å². The van der Waals surface area contributed by atoms with Gasteiger partial charge in [-0.3, -0.25) is 14.2 Å². The van der Waals surface area contributed by atoms with Crippen LogP contribution in [-0.4, -0.2) is 15.5 Å². The molecule has 3 aromatic rings. The number of amides is 1. The van der Waals surface area contributed by atoms with E-state index in [1.807, 2.05) is 0 Å². The van der Waals surface area contributed by atoms with E-state index < -0.39 is 5.69 Å². The summed E-state index contributed by atoms with van der Waals surface area (Å²) in [5, 5.41) is 3.71. The molecule has 0 aliphatic carbocycles. The van der Waals surface area contributed by atoms with Gasteiger partial charge >= 0.3 is 5.69 Å². The first-order valence-electron chi connectivity index (χ1n) is 7.82. The maximum absolute atomic E-state index is 12.4. The Hall–Kier alpha value is -2.86. The van der Waals surface area contributed by atoms with Gasteiger partial charge in [0, 0.05) is 23.7 Å². The van der Waals surface area contributed by atoms with Crippen molar-refractivity contribution < 1.29 is 4.79 Å². The molecule has 0 aliphatic rings. The lowest BCUT2D eigenvalue weighted by molar-refractivity contribution is -0.116. The first-order chi connectivity index (χ1) is 12.0. The van der Waals surface area contributed by atoms with Crippen molar-refractivity contribution in [3.63, 3.8) is 0 Å². The average Bonchev–Trinajstić information content (AvgIpc) is 2.58. The Morgan fingerprint density at radius 1 is 1.12 bits per heavy atom. The van der Waals surface area contributed by atoms with Gasteiger partial charge in [-0.05, 0) is 36.8 Å². The second-order valence-corrected chi connectivity index (χ2v) is 6.03. The largest absolute Gasteiger partial charge is 0.328 e. The third kappa shape index (κ3) is 3.97. The summed E-state index contributed by atoms with van der Waals surface area (Å²) in [6.07, 6.45) is 0.555. The lowest BCUT2D eigenvalue weighted by atomic mass is 10.2. The van der Waals surface area contributed by atoms with E-state index in [9.17, 15) is 14.4 Å². The molecule has 0 fully saturated rings. The molecule has 25 heavy (non-hydrogen) atoms. The van der Waals surface area contributed by atoms with Crippen molar-refractivity contribution in [2.75, 3.05) is 5.32 Å². The van der Waals surface area contributed by atoms with Crippen LogP contribution in [-0.2, 0) is 11.3 Å². The molecule has 0 atom stereocenters. The van der Waals surface area contributed by atoms with Gasteiger partial charge in [0.05, 0.1) is 10.9 Å². The summed E-state index contributed by atoms with van der Waals surface area (Å²) in [5.41, 5.74) is 0.291. The third-order valence-electron chi connectivity index (χ3n) is 3.78. The third-order valence-corrected chi connectivity index (χ3v) is 4.02. The summed E-state index contributed by atoms with van der Waals surface area (Å²) in [5.74, 6) is -0.201. The lowest BCUT2D eigenvalue weighted by Gasteiger charge is -2.07. The topological polar surface area (TPSA) is 84.0 Å². The van der Waals surface area contributed by atoms with Crippen molar-refractivity contribution in [1.29, 1.82) is 0 Å². The summed E-state index contributed by atoms with van der Waals surface area (Å²) in [4.78, 5) is 39.1. The van der Waals surface area contributed by atoms with E-state index in [0.29, 0.717) is 28.0 Å². The predicted octanol–water partition coefficient (Wildman–Crippen LogP) is 2.76. The van der Waals surface area contributed by atoms with E-state index in [0.717, 1.165) is 4.57 Å². The van der Waals surface area contributed by atoms with Crippen LogP contribution in [0.25, 0.3) is 10.9 Å². The number of hydrogen-bond donors (Lipinski definition) is 2. The van der Waals surface area contributed by atoms with E-state index >= 15 is 0 Å². The minimum atomic E-state index is -0.473. The molecule has 1 heterocycles. The van der Waals surface area contributed by atoms with Gasteiger partial charge < -0.3 is 10.3 Å². The molecule has 0 radical (unpaired) electrons. The van der Waals surface area contributed by atoms with E-state index in [1.165, 1.54) is 0 Å². The van der Waals surface area contributed by atoms with Crippen molar-refractivity contribution in [1.82, 2.24) is 9.55 Å². The van der Waals surface area contributed by atoms with Crippen LogP contribution in [0.15, 0.2) is 58.1 Å². The first kappa shape index (κ1) is 17.0. The van der Waals surface area contributed by atoms with E-state index in [-0.39, 0.29) is 24.4 Å². The Morgan fingerprint density at radius 2 is 1.92 bits per heavy atom. The monoisotopic (exact) mass is 357 g/mol. The van der Waals surface area contributed by atoms with Crippen LogP contribution in [0.4, 0.5) is 5.69 Å². The summed E-state index contributed by atoms with van der Waals surface area (Å²) in [6, 6.07) is 13.7. The lowest BCUT2D eigenvalue weighted by Crippen LogP contribution is -2.35. The number of fused-ring (bicyclic) bond motifs is 1. The zero-order valence-corrected chi connectivity index (χ0v) is 14.0. The zero-order chi connectivity index (χ0) is 17.8. The number of aromatic amines is 1. The van der Waals surface area contributed by atoms with Crippen LogP contribution in [0.1, 0.15) is 12.8 Å². The number of carbonyl (C=O) groups is 1. The molecule has 7 heteroatoms. The summed E-state index contributed by atoms with van der Waals surface area (Å²) >= 11 is 5.87. The number of benzene rings is 2. The maximum atomic E-state index is 12.4. The number of hydrogen-bond acceptors (Lipinski definition) is 3. The van der Waals surface area contributed by atoms with Gasteiger partial charge in [0.15, 0.2) is 0 Å². The average molecular weight is 358 g/mol. The second-order valence-electron chi connectivity index (χ2n) is 5.59. The van der Waals surface area contributed by atoms with Gasteiger partial charge in [0.1, 0.15) is 0 Å². The molecule has 2 aromatic carbocycles. The van der Waals surface area contributed by atoms with Gasteiger partial charge in [0.25, 0.3) is 5.56 Å². The van der Waals surface area contributed by atoms with Crippen molar-refractivity contribution in [2.24, 2.45) is 0 Å². The van der Waals surface area contributed by atoms with Gasteiger partial charge in [-0.25, -0.2) is 4.79 Å². The molecule has 0 saturated carbocycles. The molecule has 3 rings (SSSR count). The molecular formula is C18H16ClN3O3. The predicted molar refractivity (Wildman–Crippen MR) is 98.1 cm³/mol. The molecule has 0 spiro atoms. The van der Waals surface area contributed by atoms with Crippen LogP contribution in [0, 0.1) is 0 Å². The van der Waals surface area contributed by atoms with Gasteiger partial charge in [-0.2, -0.15) is 0 Å². The van der Waals surface area contributed by atoms with E-state index in [2.05, 4.69) is 10.3 Å². The van der Waals surface area contributed by atoms with Crippen LogP contribution < -0.4 is 16.6 Å². The molecule has 0 aliphatic heterocycles. The highest BCUT2D eigenvalue weighted by molar-refractivity contribution is 6.30. The van der Waals surface area contributed by atoms with Crippen LogP contribution >= 0.6 is 11.6 Å². The Kier molecular flexibility index (Phi) is 5.00. The number of aromatic nitrogens is 2. The SMILES string of the molecule is O=C(CCCn1c(=O)[nH]c2ccccc2c1=O)Nc1cccc(Cl)c1. The number of nitrogens with one attached hydrogen (secondary N) is 2. The molecule has 0 saturated heterocycles. The number of para-hydroxylation sites is 1. The van der Waals surface area contributed by atoms with Crippen molar-refractivity contribution in [3.8, 4) is 0 Å². The molecule has 6 nitrogen and oxygen atoms in total. The normalized spacial score (nSPS) is 10.8. The fourth-order valence-corrected chi connectivity index (χ4v) is 2.78. The molecule has 0 unspecified atom stereocenters. The summed E-state index contributed by atoms with van der Waals surface area (Å²) in [6.45, 7) is 0.169. The quantitative estimate of drug-likeness (QED) is 0.736. The zero-order valence-electron chi connectivity index (χ0n) is 13.3. The van der Waals surface area contributed by atoms with Crippen molar-refractivity contribution in [2.45, 2.75) is 19.4 Å². The maximum Gasteiger partial charge on any atom is 0.328 e. The number of rotatable bonds is 5. The standard InChI is InChI=1S/C18H16ClN3O3/c19-12-5-3-6-13(11-12)20-16(23)9-4-10-22-17(24)14-7-1-2-8-15(14)21-18(22)25/h1-3,5-8,11H,4,9-10H2,(H,20,23)(H,21,25). The Bertz CT molecular complexity index is 1040. The highest BCUT2D eigenvalue weighted by Gasteiger charge is 2.08. The highest BCUT2D eigenvalue weighted by atomic mass is 35.5. The molecule has 128 valence electrons. The van der Waals surface area contributed by atoms with Gasteiger partial charge in [0.2, 0.25) is 5.91 Å². The molecule has 1 amide bonds. The van der Waals surface area contributed by atoms with Gasteiger partial charge in [-0.1, -0.05) is 29.8 Å². The van der Waals surface area contributed by atoms with Crippen molar-refractivity contribution >= 4 is 34.1 Å². The van der Waals surface area contributed by atoms with Crippen LogP contribution in [0.5, 0.6) is 0 Å². The molecule has 0 bridgehead atoms. The smallest absolute Gasteiger partial charge is 0.326 e. The minimum absolute atomic E-state index is 0.169. The van der Waals surface area contributed by atoms with E-state index in [4.69, 9.17) is 11.6 Å². The van der Waals surface area contributed by atoms with Crippen LogP contribution in [0.3, 0.4) is 0 Å². The Balaban J connectivity index is 1.66. The first-order valence-corrected chi connectivity index (χ1v) is 8.20. The number of H-pyrrole nitrogens is 1. The number of carbonyl (C=O) groups excluding carboxylic acids is 1.